The summed E-state index contributed by atoms with van der Waals surface area (Å²) in [6.45, 7) is 2.44. The van der Waals surface area contributed by atoms with Crippen molar-refractivity contribution in [2.45, 2.75) is 26.4 Å². The predicted molar refractivity (Wildman–Crippen MR) is 84.7 cm³/mol. The summed E-state index contributed by atoms with van der Waals surface area (Å²) in [5, 5.41) is 0. The van der Waals surface area contributed by atoms with Crippen LogP contribution >= 0.6 is 0 Å². The summed E-state index contributed by atoms with van der Waals surface area (Å²) in [4.78, 5) is 11.8. The lowest BCUT2D eigenvalue weighted by Gasteiger charge is -2.10. The number of carbonyl (C=O) groups is 1. The molecule has 120 valence electrons. The van der Waals surface area contributed by atoms with E-state index >= 15 is 0 Å². The van der Waals surface area contributed by atoms with Crippen molar-refractivity contribution in [1.82, 2.24) is 0 Å². The molecule has 0 aromatic heterocycles. The van der Waals surface area contributed by atoms with Gasteiger partial charge in [-0.1, -0.05) is 36.4 Å². The highest BCUT2D eigenvalue weighted by atomic mass is 19.1. The predicted octanol–water partition coefficient (Wildman–Crippen LogP) is 3.68. The van der Waals surface area contributed by atoms with E-state index < -0.39 is 0 Å². The maximum Gasteiger partial charge on any atom is 0.309 e. The fourth-order valence-electron chi connectivity index (χ4n) is 2.91. The van der Waals surface area contributed by atoms with Crippen LogP contribution in [0.3, 0.4) is 0 Å². The Morgan fingerprint density at radius 2 is 1.96 bits per heavy atom. The largest absolute Gasteiger partial charge is 0.486 e. The van der Waals surface area contributed by atoms with E-state index in [-0.39, 0.29) is 23.5 Å². The molecule has 0 spiro atoms. The van der Waals surface area contributed by atoms with Crippen LogP contribution in [-0.4, -0.2) is 12.6 Å². The molecule has 0 bridgehead atoms. The summed E-state index contributed by atoms with van der Waals surface area (Å²) in [7, 11) is 0. The van der Waals surface area contributed by atoms with Crippen molar-refractivity contribution < 1.29 is 18.7 Å². The van der Waals surface area contributed by atoms with Gasteiger partial charge >= 0.3 is 5.97 Å². The maximum absolute atomic E-state index is 14.6. The normalized spacial score (nSPS) is 16.0. The minimum atomic E-state index is -0.356. The summed E-state index contributed by atoms with van der Waals surface area (Å²) < 4.78 is 25.3. The van der Waals surface area contributed by atoms with Crippen molar-refractivity contribution in [3.63, 3.8) is 0 Å². The van der Waals surface area contributed by atoms with Crippen LogP contribution in [0, 0.1) is 11.7 Å². The molecule has 0 heterocycles. The first-order chi connectivity index (χ1) is 11.2. The van der Waals surface area contributed by atoms with Gasteiger partial charge in [0.25, 0.3) is 0 Å². The lowest BCUT2D eigenvalue weighted by atomic mass is 10.1. The third-order valence-corrected chi connectivity index (χ3v) is 4.08. The van der Waals surface area contributed by atoms with Gasteiger partial charge in [-0.15, -0.1) is 0 Å². The van der Waals surface area contributed by atoms with Gasteiger partial charge < -0.3 is 9.47 Å². The molecular formula is C19H19FO3. The Balaban J connectivity index is 1.72. The van der Waals surface area contributed by atoms with Crippen molar-refractivity contribution in [3.8, 4) is 5.75 Å². The highest BCUT2D eigenvalue weighted by molar-refractivity contribution is 5.74. The quantitative estimate of drug-likeness (QED) is 0.790. The Bertz CT molecular complexity index is 697. The standard InChI is InChI=1S/C19H19FO3/c1-2-22-19(21)15-10-14-8-9-17(18(20)16(14)11-15)23-12-13-6-4-3-5-7-13/h3-9,15H,2,10-12H2,1H3. The Kier molecular flexibility index (Phi) is 4.60. The second-order valence-electron chi connectivity index (χ2n) is 5.65. The van der Waals surface area contributed by atoms with Crippen molar-refractivity contribution in [2.75, 3.05) is 6.61 Å². The molecule has 2 aromatic rings. The fourth-order valence-corrected chi connectivity index (χ4v) is 2.91. The van der Waals surface area contributed by atoms with E-state index in [0.29, 0.717) is 31.6 Å². The van der Waals surface area contributed by atoms with E-state index in [0.717, 1.165) is 11.1 Å². The van der Waals surface area contributed by atoms with E-state index in [1.165, 1.54) is 0 Å². The van der Waals surface area contributed by atoms with Crippen molar-refractivity contribution in [2.24, 2.45) is 5.92 Å². The molecule has 23 heavy (non-hydrogen) atoms. The number of halogens is 1. The van der Waals surface area contributed by atoms with E-state index in [9.17, 15) is 9.18 Å². The zero-order valence-electron chi connectivity index (χ0n) is 13.0. The molecule has 1 aliphatic rings. The molecule has 3 nitrogen and oxygen atoms in total. The molecule has 0 radical (unpaired) electrons. The van der Waals surface area contributed by atoms with Crippen LogP contribution in [0.5, 0.6) is 5.75 Å². The minimum absolute atomic E-state index is 0.233. The third-order valence-electron chi connectivity index (χ3n) is 4.08. The highest BCUT2D eigenvalue weighted by Crippen LogP contribution is 2.34. The van der Waals surface area contributed by atoms with Gasteiger partial charge in [0.1, 0.15) is 6.61 Å². The van der Waals surface area contributed by atoms with Gasteiger partial charge in [-0.25, -0.2) is 4.39 Å². The van der Waals surface area contributed by atoms with Gasteiger partial charge in [0.05, 0.1) is 12.5 Å². The molecule has 0 amide bonds. The van der Waals surface area contributed by atoms with E-state index in [4.69, 9.17) is 9.47 Å². The molecule has 4 heteroatoms. The average Bonchev–Trinajstić information content (AvgIpc) is 3.01. The van der Waals surface area contributed by atoms with Crippen LogP contribution in [-0.2, 0) is 29.0 Å². The van der Waals surface area contributed by atoms with Gasteiger partial charge in [-0.3, -0.25) is 4.79 Å². The number of ether oxygens (including phenoxy) is 2. The van der Waals surface area contributed by atoms with Gasteiger partial charge in [0.15, 0.2) is 11.6 Å². The zero-order valence-corrected chi connectivity index (χ0v) is 13.0. The van der Waals surface area contributed by atoms with Gasteiger partial charge in [-0.2, -0.15) is 0 Å². The number of benzene rings is 2. The van der Waals surface area contributed by atoms with Gasteiger partial charge in [0.2, 0.25) is 0 Å². The van der Waals surface area contributed by atoms with Crippen LogP contribution in [0.1, 0.15) is 23.6 Å². The Hall–Kier alpha value is -2.36. The maximum atomic E-state index is 14.6. The van der Waals surface area contributed by atoms with Crippen LogP contribution < -0.4 is 4.74 Å². The summed E-state index contributed by atoms with van der Waals surface area (Å²) in [6, 6.07) is 13.1. The summed E-state index contributed by atoms with van der Waals surface area (Å²) in [5.41, 5.74) is 2.43. The first-order valence-corrected chi connectivity index (χ1v) is 7.82. The second kappa shape index (κ2) is 6.82. The molecule has 1 atom stereocenters. The summed E-state index contributed by atoms with van der Waals surface area (Å²) in [6.07, 6.45) is 0.909. The zero-order chi connectivity index (χ0) is 16.2. The minimum Gasteiger partial charge on any atom is -0.486 e. The fraction of sp³-hybridized carbons (Fsp3) is 0.316. The number of hydrogen-bond acceptors (Lipinski definition) is 3. The molecule has 0 saturated heterocycles. The summed E-state index contributed by atoms with van der Waals surface area (Å²) in [5.74, 6) is -0.666. The number of fused-ring (bicyclic) bond motifs is 1. The monoisotopic (exact) mass is 314 g/mol. The highest BCUT2D eigenvalue weighted by Gasteiger charge is 2.31. The van der Waals surface area contributed by atoms with Crippen LogP contribution in [0.4, 0.5) is 4.39 Å². The Morgan fingerprint density at radius 1 is 1.17 bits per heavy atom. The molecule has 0 aliphatic heterocycles. The van der Waals surface area contributed by atoms with E-state index in [2.05, 4.69) is 0 Å². The van der Waals surface area contributed by atoms with E-state index in [1.54, 1.807) is 13.0 Å². The Morgan fingerprint density at radius 3 is 2.70 bits per heavy atom. The smallest absolute Gasteiger partial charge is 0.309 e. The lowest BCUT2D eigenvalue weighted by molar-refractivity contribution is -0.147. The van der Waals surface area contributed by atoms with Gasteiger partial charge in [0, 0.05) is 0 Å². The molecule has 0 saturated carbocycles. The molecule has 1 unspecified atom stereocenters. The summed E-state index contributed by atoms with van der Waals surface area (Å²) >= 11 is 0. The second-order valence-corrected chi connectivity index (χ2v) is 5.65. The third kappa shape index (κ3) is 3.36. The average molecular weight is 314 g/mol. The number of hydrogen-bond donors (Lipinski definition) is 0. The molecule has 0 fully saturated rings. The van der Waals surface area contributed by atoms with Crippen molar-refractivity contribution in [1.29, 1.82) is 0 Å². The molecule has 1 aliphatic carbocycles. The number of esters is 1. The van der Waals surface area contributed by atoms with Gasteiger partial charge in [-0.05, 0) is 42.5 Å². The van der Waals surface area contributed by atoms with Crippen molar-refractivity contribution in [3.05, 3.63) is 65.0 Å². The van der Waals surface area contributed by atoms with Crippen LogP contribution in [0.2, 0.25) is 0 Å². The first-order valence-electron chi connectivity index (χ1n) is 7.82. The lowest BCUT2D eigenvalue weighted by Crippen LogP contribution is -2.17. The van der Waals surface area contributed by atoms with Crippen LogP contribution in [0.25, 0.3) is 0 Å². The topological polar surface area (TPSA) is 35.5 Å². The molecule has 3 rings (SSSR count). The van der Waals surface area contributed by atoms with Crippen molar-refractivity contribution >= 4 is 5.97 Å². The molecule has 2 aromatic carbocycles. The first kappa shape index (κ1) is 15.5. The number of carbonyl (C=O) groups excluding carboxylic acids is 1. The van der Waals surface area contributed by atoms with E-state index in [1.807, 2.05) is 36.4 Å². The molecular weight excluding hydrogens is 295 g/mol. The molecule has 0 N–H and O–H groups in total. The van der Waals surface area contributed by atoms with Crippen LogP contribution in [0.15, 0.2) is 42.5 Å². The SMILES string of the molecule is CCOC(=O)C1Cc2ccc(OCc3ccccc3)c(F)c2C1. The number of rotatable bonds is 5. The Labute approximate surface area is 135 Å².